The number of methoxy groups -OCH3 is 1. The third-order valence-electron chi connectivity index (χ3n) is 5.44. The average Bonchev–Trinajstić information content (AvgIpc) is 2.88. The summed E-state index contributed by atoms with van der Waals surface area (Å²) >= 11 is 0. The third kappa shape index (κ3) is 7.18. The molecule has 0 amide bonds. The van der Waals surface area contributed by atoms with Gasteiger partial charge in [-0.05, 0) is 18.6 Å². The van der Waals surface area contributed by atoms with Crippen LogP contribution in [0.5, 0.6) is 5.88 Å². The highest BCUT2D eigenvalue weighted by atomic mass is 16.5. The van der Waals surface area contributed by atoms with Gasteiger partial charge < -0.3 is 25.0 Å². The van der Waals surface area contributed by atoms with Crippen LogP contribution in [0.3, 0.4) is 0 Å². The molecular formula is C24H34N6O5. The highest BCUT2D eigenvalue weighted by molar-refractivity contribution is 5.78. The van der Waals surface area contributed by atoms with Crippen LogP contribution in [0.2, 0.25) is 0 Å². The van der Waals surface area contributed by atoms with E-state index in [0.29, 0.717) is 63.0 Å². The second kappa shape index (κ2) is 13.7. The minimum atomic E-state index is -0.264. The zero-order valence-electron chi connectivity index (χ0n) is 20.3. The van der Waals surface area contributed by atoms with Gasteiger partial charge in [0.2, 0.25) is 5.88 Å². The molecule has 0 saturated heterocycles. The molecule has 0 unspecified atom stereocenters. The summed E-state index contributed by atoms with van der Waals surface area (Å²) in [6, 6.07) is 5.54. The molecule has 0 aliphatic rings. The first-order chi connectivity index (χ1) is 17.1. The lowest BCUT2D eigenvalue weighted by atomic mass is 10.1. The molecule has 0 radical (unpaired) electrons. The Labute approximate surface area is 204 Å². The summed E-state index contributed by atoms with van der Waals surface area (Å²) in [4.78, 5) is 28.5. The fourth-order valence-electron chi connectivity index (χ4n) is 3.64. The van der Waals surface area contributed by atoms with Crippen LogP contribution in [0.1, 0.15) is 13.3 Å². The van der Waals surface area contributed by atoms with Crippen LogP contribution in [0.25, 0.3) is 22.3 Å². The van der Waals surface area contributed by atoms with Crippen molar-refractivity contribution in [3.05, 3.63) is 40.9 Å². The Morgan fingerprint density at radius 1 is 1.06 bits per heavy atom. The maximum Gasteiger partial charge on any atom is 0.293 e. The Balaban J connectivity index is 1.90. The van der Waals surface area contributed by atoms with Gasteiger partial charge in [-0.3, -0.25) is 14.3 Å². The summed E-state index contributed by atoms with van der Waals surface area (Å²) in [5.41, 5.74) is 2.43. The molecule has 11 nitrogen and oxygen atoms in total. The Hall–Kier alpha value is -3.12. The Kier molecular flexibility index (Phi) is 10.4. The van der Waals surface area contributed by atoms with Crippen LogP contribution < -0.4 is 15.6 Å². The lowest BCUT2D eigenvalue weighted by molar-refractivity contribution is 0.127. The fraction of sp³-hybridized carbons (Fsp3) is 0.500. The number of aromatic nitrogens is 4. The summed E-state index contributed by atoms with van der Waals surface area (Å²) in [6.45, 7) is 5.24. The first-order valence-electron chi connectivity index (χ1n) is 11.8. The Morgan fingerprint density at radius 3 is 2.49 bits per heavy atom. The maximum absolute atomic E-state index is 13.3. The lowest BCUT2D eigenvalue weighted by Gasteiger charge is -2.20. The molecule has 3 aromatic rings. The number of ether oxygens (including phenoxy) is 2. The van der Waals surface area contributed by atoms with Gasteiger partial charge in [-0.2, -0.15) is 0 Å². The van der Waals surface area contributed by atoms with Crippen LogP contribution in [-0.2, 0) is 11.3 Å². The van der Waals surface area contributed by atoms with E-state index in [1.165, 1.54) is 0 Å². The predicted octanol–water partition coefficient (Wildman–Crippen LogP) is 0.987. The van der Waals surface area contributed by atoms with E-state index in [1.807, 2.05) is 24.0 Å². The van der Waals surface area contributed by atoms with Crippen molar-refractivity contribution >= 4 is 17.0 Å². The van der Waals surface area contributed by atoms with Crippen molar-refractivity contribution in [3.8, 4) is 17.0 Å². The summed E-state index contributed by atoms with van der Waals surface area (Å²) in [5.74, 6) is 0.716. The molecule has 35 heavy (non-hydrogen) atoms. The number of rotatable bonds is 15. The molecule has 0 saturated carbocycles. The molecule has 0 aliphatic heterocycles. The molecule has 3 rings (SSSR count). The number of aliphatic hydroxyl groups is 2. The molecular weight excluding hydrogens is 452 g/mol. The van der Waals surface area contributed by atoms with Crippen molar-refractivity contribution in [1.29, 1.82) is 0 Å². The van der Waals surface area contributed by atoms with Gasteiger partial charge >= 0.3 is 0 Å². The molecule has 0 atom stereocenters. The van der Waals surface area contributed by atoms with Crippen LogP contribution in [0.4, 0.5) is 5.82 Å². The minimum Gasteiger partial charge on any atom is -0.481 e. The summed E-state index contributed by atoms with van der Waals surface area (Å²) in [5, 5.41) is 21.5. The monoisotopic (exact) mass is 486 g/mol. The van der Waals surface area contributed by atoms with Gasteiger partial charge in [-0.25, -0.2) is 15.0 Å². The number of fused-ring (bicyclic) bond motifs is 1. The highest BCUT2D eigenvalue weighted by Gasteiger charge is 2.14. The molecule has 3 heterocycles. The highest BCUT2D eigenvalue weighted by Crippen LogP contribution is 2.23. The topological polar surface area (TPSA) is 135 Å². The number of hydrogen-bond acceptors (Lipinski definition) is 10. The fourth-order valence-corrected chi connectivity index (χ4v) is 3.64. The van der Waals surface area contributed by atoms with Crippen molar-refractivity contribution < 1.29 is 19.7 Å². The van der Waals surface area contributed by atoms with Crippen LogP contribution in [-0.4, -0.2) is 94.3 Å². The molecule has 190 valence electrons. The van der Waals surface area contributed by atoms with Crippen molar-refractivity contribution in [2.75, 3.05) is 65.0 Å². The van der Waals surface area contributed by atoms with E-state index < -0.39 is 0 Å². The second-order valence-corrected chi connectivity index (χ2v) is 7.90. The first-order valence-corrected chi connectivity index (χ1v) is 11.8. The number of nitrogens with zero attached hydrogens (tertiary/aromatic N) is 5. The average molecular weight is 487 g/mol. The van der Waals surface area contributed by atoms with E-state index in [-0.39, 0.29) is 24.6 Å². The first kappa shape index (κ1) is 26.5. The lowest BCUT2D eigenvalue weighted by Crippen LogP contribution is -2.35. The van der Waals surface area contributed by atoms with Crippen LogP contribution in [0.15, 0.2) is 35.4 Å². The predicted molar refractivity (Wildman–Crippen MR) is 134 cm³/mol. The van der Waals surface area contributed by atoms with Gasteiger partial charge in [0.05, 0.1) is 32.4 Å². The van der Waals surface area contributed by atoms with Crippen LogP contribution >= 0.6 is 0 Å². The number of nitrogens with one attached hydrogen (secondary N) is 1. The zero-order valence-corrected chi connectivity index (χ0v) is 20.3. The van der Waals surface area contributed by atoms with E-state index in [0.717, 1.165) is 17.5 Å². The summed E-state index contributed by atoms with van der Waals surface area (Å²) in [7, 11) is 1.56. The largest absolute Gasteiger partial charge is 0.481 e. The summed E-state index contributed by atoms with van der Waals surface area (Å²) < 4.78 is 12.4. The molecule has 3 aromatic heterocycles. The molecule has 0 aliphatic carbocycles. The number of anilines is 1. The molecule has 0 fully saturated rings. The number of hydrogen-bond donors (Lipinski definition) is 3. The normalized spacial score (nSPS) is 11.3. The number of pyridine rings is 2. The van der Waals surface area contributed by atoms with E-state index in [2.05, 4.69) is 20.3 Å². The Morgan fingerprint density at radius 2 is 1.83 bits per heavy atom. The van der Waals surface area contributed by atoms with Gasteiger partial charge in [0.1, 0.15) is 0 Å². The van der Waals surface area contributed by atoms with Gasteiger partial charge in [-0.15, -0.1) is 0 Å². The van der Waals surface area contributed by atoms with E-state index in [9.17, 15) is 15.0 Å². The van der Waals surface area contributed by atoms with Gasteiger partial charge in [0, 0.05) is 68.9 Å². The standard InChI is InChI=1S/C24H34N6O5/c1-3-13-35-14-10-30-20-15-19(18-4-5-21(34-2)26-16-18)17-27-22(20)28-23(24(30)33)25-6-7-29(8-11-31)9-12-32/h4-5,15-17,31-32H,3,6-14H2,1-2H3,(H,25,27,28). The van der Waals surface area contributed by atoms with Crippen LogP contribution in [0, 0.1) is 0 Å². The van der Waals surface area contributed by atoms with Crippen molar-refractivity contribution in [2.24, 2.45) is 0 Å². The van der Waals surface area contributed by atoms with E-state index in [1.54, 1.807) is 30.1 Å². The van der Waals surface area contributed by atoms with Gasteiger partial charge in [0.25, 0.3) is 5.56 Å². The quantitative estimate of drug-likeness (QED) is 0.267. The van der Waals surface area contributed by atoms with Crippen molar-refractivity contribution in [1.82, 2.24) is 24.4 Å². The molecule has 3 N–H and O–H groups in total. The molecule has 0 spiro atoms. The van der Waals surface area contributed by atoms with Crippen molar-refractivity contribution in [3.63, 3.8) is 0 Å². The molecule has 11 heteroatoms. The molecule has 0 aromatic carbocycles. The van der Waals surface area contributed by atoms with Crippen molar-refractivity contribution in [2.45, 2.75) is 19.9 Å². The Bertz CT molecular complexity index is 1120. The smallest absolute Gasteiger partial charge is 0.293 e. The summed E-state index contributed by atoms with van der Waals surface area (Å²) in [6.07, 6.45) is 4.30. The SMILES string of the molecule is CCCOCCn1c(=O)c(NCCN(CCO)CCO)nc2ncc(-c3ccc(OC)nc3)cc21. The molecule has 0 bridgehead atoms. The second-order valence-electron chi connectivity index (χ2n) is 7.90. The number of aliphatic hydroxyl groups excluding tert-OH is 2. The maximum atomic E-state index is 13.3. The van der Waals surface area contributed by atoms with Gasteiger partial charge in [0.15, 0.2) is 11.5 Å². The van der Waals surface area contributed by atoms with Gasteiger partial charge in [-0.1, -0.05) is 6.92 Å². The minimum absolute atomic E-state index is 0.00520. The third-order valence-corrected chi connectivity index (χ3v) is 5.44. The zero-order chi connectivity index (χ0) is 25.0. The van der Waals surface area contributed by atoms with E-state index >= 15 is 0 Å². The van der Waals surface area contributed by atoms with E-state index in [4.69, 9.17) is 9.47 Å².